The summed E-state index contributed by atoms with van der Waals surface area (Å²) in [6.45, 7) is 4.95. The zero-order chi connectivity index (χ0) is 12.3. The Hall–Kier alpha value is -0.940. The Morgan fingerprint density at radius 2 is 1.62 bits per heavy atom. The summed E-state index contributed by atoms with van der Waals surface area (Å²) < 4.78 is 38.4. The van der Waals surface area contributed by atoms with E-state index in [1.165, 1.54) is 12.1 Å². The van der Waals surface area contributed by atoms with Crippen molar-refractivity contribution in [3.63, 3.8) is 0 Å². The summed E-state index contributed by atoms with van der Waals surface area (Å²) in [5, 5.41) is -0.476. The number of sulfonamides is 1. The maximum absolute atomic E-state index is 12.7. The highest BCUT2D eigenvalue weighted by Gasteiger charge is 2.19. The van der Waals surface area contributed by atoms with Crippen LogP contribution in [0.4, 0.5) is 4.39 Å². The van der Waals surface area contributed by atoms with Crippen LogP contribution < -0.4 is 4.72 Å². The second kappa shape index (κ2) is 4.93. The van der Waals surface area contributed by atoms with E-state index in [4.69, 9.17) is 0 Å². The number of nitrogens with one attached hydrogen (secondary N) is 1. The zero-order valence-corrected chi connectivity index (χ0v) is 10.4. The number of hydrogen-bond acceptors (Lipinski definition) is 2. The van der Waals surface area contributed by atoms with E-state index in [0.717, 1.165) is 5.56 Å². The summed E-state index contributed by atoms with van der Waals surface area (Å²) in [6, 6.07) is 5.42. The SMILES string of the molecule is CC(C)S(=O)(=O)N[C@H](C)c1ccc(F)cc1. The maximum atomic E-state index is 12.7. The molecule has 0 spiro atoms. The Kier molecular flexibility index (Phi) is 4.04. The maximum Gasteiger partial charge on any atom is 0.214 e. The smallest absolute Gasteiger partial charge is 0.212 e. The molecule has 0 aliphatic heterocycles. The number of halogens is 1. The Morgan fingerprint density at radius 3 is 2.06 bits per heavy atom. The molecule has 0 aromatic heterocycles. The third kappa shape index (κ3) is 3.28. The van der Waals surface area contributed by atoms with Crippen molar-refractivity contribution in [3.05, 3.63) is 35.6 Å². The molecule has 0 saturated heterocycles. The van der Waals surface area contributed by atoms with Crippen LogP contribution in [-0.2, 0) is 10.0 Å². The summed E-state index contributed by atoms with van der Waals surface area (Å²) in [5.74, 6) is -0.331. The van der Waals surface area contributed by atoms with E-state index in [0.29, 0.717) is 0 Å². The predicted octanol–water partition coefficient (Wildman–Crippen LogP) is 2.21. The normalized spacial score (nSPS) is 14.1. The van der Waals surface area contributed by atoms with Gasteiger partial charge in [0.25, 0.3) is 0 Å². The monoisotopic (exact) mass is 245 g/mol. The molecular weight excluding hydrogens is 229 g/mol. The number of rotatable bonds is 4. The lowest BCUT2D eigenvalue weighted by Gasteiger charge is -2.16. The molecule has 0 unspecified atom stereocenters. The summed E-state index contributed by atoms with van der Waals surface area (Å²) in [7, 11) is -3.30. The molecule has 0 radical (unpaired) electrons. The van der Waals surface area contributed by atoms with E-state index in [-0.39, 0.29) is 11.9 Å². The first-order chi connectivity index (χ1) is 7.33. The average molecular weight is 245 g/mol. The molecule has 90 valence electrons. The zero-order valence-electron chi connectivity index (χ0n) is 9.57. The van der Waals surface area contributed by atoms with Crippen molar-refractivity contribution in [2.45, 2.75) is 32.1 Å². The van der Waals surface area contributed by atoms with E-state index in [1.807, 2.05) is 0 Å². The second-order valence-corrected chi connectivity index (χ2v) is 6.25. The van der Waals surface area contributed by atoms with Crippen LogP contribution in [0.3, 0.4) is 0 Å². The number of benzene rings is 1. The first kappa shape index (κ1) is 13.1. The Bertz CT molecular complexity index is 440. The van der Waals surface area contributed by atoms with Gasteiger partial charge in [0.15, 0.2) is 0 Å². The second-order valence-electron chi connectivity index (χ2n) is 3.98. The van der Waals surface area contributed by atoms with Crippen LogP contribution in [0.25, 0.3) is 0 Å². The fraction of sp³-hybridized carbons (Fsp3) is 0.455. The van der Waals surface area contributed by atoms with Gasteiger partial charge in [-0.25, -0.2) is 17.5 Å². The third-order valence-corrected chi connectivity index (χ3v) is 4.25. The van der Waals surface area contributed by atoms with Gasteiger partial charge in [-0.2, -0.15) is 0 Å². The van der Waals surface area contributed by atoms with Crippen LogP contribution in [0.1, 0.15) is 32.4 Å². The van der Waals surface area contributed by atoms with Crippen molar-refractivity contribution in [2.75, 3.05) is 0 Å². The molecule has 1 aromatic carbocycles. The summed E-state index contributed by atoms with van der Waals surface area (Å²) in [6.07, 6.45) is 0. The van der Waals surface area contributed by atoms with Gasteiger partial charge in [-0.3, -0.25) is 0 Å². The minimum atomic E-state index is -3.30. The van der Waals surface area contributed by atoms with Gasteiger partial charge in [0.1, 0.15) is 5.82 Å². The van der Waals surface area contributed by atoms with Crippen LogP contribution in [-0.4, -0.2) is 13.7 Å². The van der Waals surface area contributed by atoms with E-state index in [2.05, 4.69) is 4.72 Å². The molecule has 5 heteroatoms. The highest BCUT2D eigenvalue weighted by Crippen LogP contribution is 2.14. The predicted molar refractivity (Wildman–Crippen MR) is 62.0 cm³/mol. The quantitative estimate of drug-likeness (QED) is 0.884. The van der Waals surface area contributed by atoms with Crippen LogP contribution >= 0.6 is 0 Å². The fourth-order valence-corrected chi connectivity index (χ4v) is 2.10. The third-order valence-electron chi connectivity index (χ3n) is 2.33. The molecule has 0 fully saturated rings. The Labute approximate surface area is 95.7 Å². The Balaban J connectivity index is 2.81. The van der Waals surface area contributed by atoms with E-state index >= 15 is 0 Å². The first-order valence-corrected chi connectivity index (χ1v) is 6.64. The van der Waals surface area contributed by atoms with Crippen LogP contribution in [0.5, 0.6) is 0 Å². The fourth-order valence-electron chi connectivity index (χ4n) is 1.20. The lowest BCUT2D eigenvalue weighted by molar-refractivity contribution is 0.557. The van der Waals surface area contributed by atoms with Crippen molar-refractivity contribution in [2.24, 2.45) is 0 Å². The van der Waals surface area contributed by atoms with Crippen molar-refractivity contribution in [1.29, 1.82) is 0 Å². The van der Waals surface area contributed by atoms with E-state index in [1.54, 1.807) is 32.9 Å². The molecule has 0 bridgehead atoms. The molecule has 0 aliphatic rings. The molecule has 0 saturated carbocycles. The van der Waals surface area contributed by atoms with Gasteiger partial charge in [-0.1, -0.05) is 12.1 Å². The van der Waals surface area contributed by atoms with E-state index in [9.17, 15) is 12.8 Å². The molecule has 3 nitrogen and oxygen atoms in total. The minimum absolute atomic E-state index is 0.331. The van der Waals surface area contributed by atoms with Gasteiger partial charge < -0.3 is 0 Å². The number of hydrogen-bond donors (Lipinski definition) is 1. The average Bonchev–Trinajstić information content (AvgIpc) is 2.17. The molecular formula is C11H16FNO2S. The molecule has 1 N–H and O–H groups in total. The summed E-state index contributed by atoms with van der Waals surface area (Å²) >= 11 is 0. The molecule has 0 heterocycles. The topological polar surface area (TPSA) is 46.2 Å². The Morgan fingerprint density at radius 1 is 1.12 bits per heavy atom. The van der Waals surface area contributed by atoms with Crippen molar-refractivity contribution >= 4 is 10.0 Å². The van der Waals surface area contributed by atoms with Crippen LogP contribution in [0.2, 0.25) is 0 Å². The van der Waals surface area contributed by atoms with E-state index < -0.39 is 15.3 Å². The van der Waals surface area contributed by atoms with Gasteiger partial charge in [-0.15, -0.1) is 0 Å². The lowest BCUT2D eigenvalue weighted by Crippen LogP contribution is -2.32. The van der Waals surface area contributed by atoms with Crippen LogP contribution in [0.15, 0.2) is 24.3 Å². The first-order valence-electron chi connectivity index (χ1n) is 5.09. The van der Waals surface area contributed by atoms with Gasteiger partial charge >= 0.3 is 0 Å². The summed E-state index contributed by atoms with van der Waals surface area (Å²) in [5.41, 5.74) is 0.741. The molecule has 1 aromatic rings. The van der Waals surface area contributed by atoms with Crippen molar-refractivity contribution in [1.82, 2.24) is 4.72 Å². The lowest BCUT2D eigenvalue weighted by atomic mass is 10.1. The summed E-state index contributed by atoms with van der Waals surface area (Å²) in [4.78, 5) is 0. The van der Waals surface area contributed by atoms with Gasteiger partial charge in [0.2, 0.25) is 10.0 Å². The van der Waals surface area contributed by atoms with Crippen LogP contribution in [0, 0.1) is 5.82 Å². The largest absolute Gasteiger partial charge is 0.214 e. The van der Waals surface area contributed by atoms with Crippen molar-refractivity contribution < 1.29 is 12.8 Å². The van der Waals surface area contributed by atoms with Gasteiger partial charge in [0, 0.05) is 6.04 Å². The van der Waals surface area contributed by atoms with Gasteiger partial charge in [-0.05, 0) is 38.5 Å². The molecule has 0 aliphatic carbocycles. The minimum Gasteiger partial charge on any atom is -0.212 e. The molecule has 1 rings (SSSR count). The molecule has 1 atom stereocenters. The standard InChI is InChI=1S/C11H16FNO2S/c1-8(2)16(14,15)13-9(3)10-4-6-11(12)7-5-10/h4-9,13H,1-3H3/t9-/m1/s1. The molecule has 0 amide bonds. The van der Waals surface area contributed by atoms with Gasteiger partial charge in [0.05, 0.1) is 5.25 Å². The molecule has 16 heavy (non-hydrogen) atoms. The highest BCUT2D eigenvalue weighted by molar-refractivity contribution is 7.90. The highest BCUT2D eigenvalue weighted by atomic mass is 32.2. The van der Waals surface area contributed by atoms with Crippen molar-refractivity contribution in [3.8, 4) is 0 Å².